The molecule has 0 aromatic heterocycles. The van der Waals surface area contributed by atoms with E-state index in [0.717, 1.165) is 13.1 Å². The van der Waals surface area contributed by atoms with E-state index in [1.165, 1.54) is 193 Å². The predicted octanol–water partition coefficient (Wildman–Crippen LogP) is 12.0. The summed E-state index contributed by atoms with van der Waals surface area (Å²) < 4.78 is 0. The number of hydrogen-bond donors (Lipinski definition) is 1. The molecule has 3 nitrogen and oxygen atoms in total. The molecule has 254 valence electrons. The summed E-state index contributed by atoms with van der Waals surface area (Å²) in [6.07, 6.45) is 48.6. The van der Waals surface area contributed by atoms with E-state index in [0.29, 0.717) is 12.8 Å². The number of hydrogen-bond acceptors (Lipinski definition) is 3. The van der Waals surface area contributed by atoms with Crippen LogP contribution in [-0.2, 0) is 0 Å². The van der Waals surface area contributed by atoms with Gasteiger partial charge in [0.05, 0.1) is 12.8 Å². The molecule has 1 unspecified atom stereocenters. The Morgan fingerprint density at radius 3 is 1.21 bits per heavy atom. The lowest BCUT2D eigenvalue weighted by Crippen LogP contribution is -2.40. The summed E-state index contributed by atoms with van der Waals surface area (Å²) >= 11 is 0. The van der Waals surface area contributed by atoms with Gasteiger partial charge in [-0.1, -0.05) is 154 Å². The van der Waals surface area contributed by atoms with Gasteiger partial charge in [-0.15, -0.1) is 0 Å². The number of aliphatic hydroxyl groups is 1. The van der Waals surface area contributed by atoms with Crippen molar-refractivity contribution in [2.24, 2.45) is 0 Å². The number of unbranched alkanes of at least 4 members (excludes halogenated alkanes) is 23. The molecule has 3 heteroatoms. The highest BCUT2D eigenvalue weighted by Crippen LogP contribution is 2.22. The maximum atomic E-state index is 9.59. The van der Waals surface area contributed by atoms with E-state index in [1.54, 1.807) is 0 Å². The molecule has 0 saturated carbocycles. The minimum absolute atomic E-state index is 0.297. The van der Waals surface area contributed by atoms with Gasteiger partial charge in [0, 0.05) is 19.6 Å². The summed E-state index contributed by atoms with van der Waals surface area (Å²) in [4.78, 5) is 5.29. The highest BCUT2D eigenvalue weighted by molar-refractivity contribution is 4.83. The van der Waals surface area contributed by atoms with E-state index in [4.69, 9.17) is 0 Å². The summed E-state index contributed by atoms with van der Waals surface area (Å²) in [7, 11) is 0. The summed E-state index contributed by atoms with van der Waals surface area (Å²) in [5.41, 5.74) is 0. The Morgan fingerprint density at radius 2 is 0.791 bits per heavy atom. The zero-order valence-electron chi connectivity index (χ0n) is 29.6. The molecule has 0 radical (unpaired) electrons. The molecule has 0 aliphatic carbocycles. The SMILES string of the molecule is CCCCCCCC/C=C\CCCCCCCCN1CCN(CCO)C1CCCCCCC/C=C\CCCCCCCC. The first-order valence-corrected chi connectivity index (χ1v) is 19.7. The molecule has 1 atom stereocenters. The van der Waals surface area contributed by atoms with Crippen LogP contribution in [-0.4, -0.2) is 53.9 Å². The second kappa shape index (κ2) is 32.7. The quantitative estimate of drug-likeness (QED) is 0.0598. The summed E-state index contributed by atoms with van der Waals surface area (Å²) in [5.74, 6) is 0. The third-order valence-electron chi connectivity index (χ3n) is 9.59. The van der Waals surface area contributed by atoms with Crippen LogP contribution in [0.1, 0.15) is 194 Å². The lowest BCUT2D eigenvalue weighted by Gasteiger charge is -2.30. The van der Waals surface area contributed by atoms with Crippen LogP contribution in [0.3, 0.4) is 0 Å². The molecule has 0 bridgehead atoms. The molecule has 1 saturated heterocycles. The van der Waals surface area contributed by atoms with Gasteiger partial charge in [-0.05, 0) is 70.8 Å². The van der Waals surface area contributed by atoms with Crippen molar-refractivity contribution in [2.45, 2.75) is 200 Å². The zero-order valence-corrected chi connectivity index (χ0v) is 29.6. The predicted molar refractivity (Wildman–Crippen MR) is 193 cm³/mol. The summed E-state index contributed by atoms with van der Waals surface area (Å²) in [5, 5.41) is 9.59. The average molecular weight is 603 g/mol. The van der Waals surface area contributed by atoms with Crippen molar-refractivity contribution in [1.82, 2.24) is 9.80 Å². The molecule has 1 aliphatic heterocycles. The van der Waals surface area contributed by atoms with Gasteiger partial charge in [0.2, 0.25) is 0 Å². The molecule has 1 fully saturated rings. The second-order valence-corrected chi connectivity index (χ2v) is 13.6. The van der Waals surface area contributed by atoms with Crippen molar-refractivity contribution in [3.8, 4) is 0 Å². The number of rotatable bonds is 33. The molecule has 0 spiro atoms. The van der Waals surface area contributed by atoms with E-state index >= 15 is 0 Å². The maximum Gasteiger partial charge on any atom is 0.0624 e. The molecule has 1 N–H and O–H groups in total. The Hall–Kier alpha value is -0.640. The Kier molecular flexibility index (Phi) is 30.8. The van der Waals surface area contributed by atoms with Gasteiger partial charge in [-0.3, -0.25) is 9.80 Å². The molecule has 0 aromatic rings. The van der Waals surface area contributed by atoms with Crippen LogP contribution in [0.2, 0.25) is 0 Å². The normalized spacial score (nSPS) is 16.5. The first-order valence-electron chi connectivity index (χ1n) is 19.7. The first-order chi connectivity index (χ1) is 21.3. The van der Waals surface area contributed by atoms with Gasteiger partial charge in [0.15, 0.2) is 0 Å². The number of aliphatic hydroxyl groups excluding tert-OH is 1. The zero-order chi connectivity index (χ0) is 30.9. The molecule has 1 aliphatic rings. The van der Waals surface area contributed by atoms with Gasteiger partial charge in [-0.2, -0.15) is 0 Å². The minimum atomic E-state index is 0.297. The van der Waals surface area contributed by atoms with Gasteiger partial charge < -0.3 is 5.11 Å². The number of β-amino-alcohol motifs (C(OH)–C–C–N with tert-alkyl or cyclic N) is 1. The lowest BCUT2D eigenvalue weighted by atomic mass is 10.1. The Bertz CT molecular complexity index is 603. The highest BCUT2D eigenvalue weighted by Gasteiger charge is 2.30. The molecular formula is C40H78N2O. The number of allylic oxidation sites excluding steroid dienone is 4. The third kappa shape index (κ3) is 25.3. The third-order valence-corrected chi connectivity index (χ3v) is 9.59. The molecule has 0 amide bonds. The van der Waals surface area contributed by atoms with Crippen molar-refractivity contribution in [3.63, 3.8) is 0 Å². The standard InChI is InChI=1S/C40H78N2O/c1-3-5-7-9-11-13-15-17-19-21-23-25-27-29-31-33-35-41-36-37-42(38-39-43)40(41)34-32-30-28-26-24-22-20-18-16-14-12-10-8-6-4-2/h17-20,40,43H,3-16,21-39H2,1-2H3/b19-17-,20-18-. The molecule has 1 rings (SSSR count). The van der Waals surface area contributed by atoms with Crippen molar-refractivity contribution in [2.75, 3.05) is 32.8 Å². The van der Waals surface area contributed by atoms with Gasteiger partial charge >= 0.3 is 0 Å². The Balaban J connectivity index is 2.01. The van der Waals surface area contributed by atoms with Gasteiger partial charge in [-0.25, -0.2) is 0 Å². The van der Waals surface area contributed by atoms with Crippen molar-refractivity contribution >= 4 is 0 Å². The van der Waals surface area contributed by atoms with Crippen LogP contribution in [0, 0.1) is 0 Å². The second-order valence-electron chi connectivity index (χ2n) is 13.6. The van der Waals surface area contributed by atoms with Crippen molar-refractivity contribution < 1.29 is 5.11 Å². The maximum absolute atomic E-state index is 9.59. The van der Waals surface area contributed by atoms with Crippen molar-refractivity contribution in [1.29, 1.82) is 0 Å². The van der Waals surface area contributed by atoms with Crippen LogP contribution in [0.25, 0.3) is 0 Å². The number of nitrogens with zero attached hydrogens (tertiary/aromatic N) is 2. The minimum Gasteiger partial charge on any atom is -0.395 e. The van der Waals surface area contributed by atoms with Gasteiger partial charge in [0.1, 0.15) is 0 Å². The van der Waals surface area contributed by atoms with Crippen LogP contribution in [0.4, 0.5) is 0 Å². The Morgan fingerprint density at radius 1 is 0.442 bits per heavy atom. The van der Waals surface area contributed by atoms with E-state index in [2.05, 4.69) is 48.0 Å². The summed E-state index contributed by atoms with van der Waals surface area (Å²) in [6, 6.07) is 0. The molecule has 1 heterocycles. The molecular weight excluding hydrogens is 524 g/mol. The van der Waals surface area contributed by atoms with Gasteiger partial charge in [0.25, 0.3) is 0 Å². The summed E-state index contributed by atoms with van der Waals surface area (Å²) in [6.45, 7) is 9.31. The fourth-order valence-electron chi connectivity index (χ4n) is 6.76. The Labute approximate surface area is 271 Å². The largest absolute Gasteiger partial charge is 0.395 e. The topological polar surface area (TPSA) is 26.7 Å². The van der Waals surface area contributed by atoms with Crippen LogP contribution >= 0.6 is 0 Å². The van der Waals surface area contributed by atoms with Crippen LogP contribution in [0.15, 0.2) is 24.3 Å². The average Bonchev–Trinajstić information content (AvgIpc) is 3.39. The van der Waals surface area contributed by atoms with E-state index < -0.39 is 0 Å². The highest BCUT2D eigenvalue weighted by atomic mass is 16.3. The molecule has 0 aromatic carbocycles. The smallest absolute Gasteiger partial charge is 0.0624 e. The van der Waals surface area contributed by atoms with Crippen LogP contribution < -0.4 is 0 Å². The van der Waals surface area contributed by atoms with E-state index in [-0.39, 0.29) is 0 Å². The van der Waals surface area contributed by atoms with Crippen molar-refractivity contribution in [3.05, 3.63) is 24.3 Å². The molecule has 43 heavy (non-hydrogen) atoms. The van der Waals surface area contributed by atoms with E-state index in [9.17, 15) is 5.11 Å². The fraction of sp³-hybridized carbons (Fsp3) is 0.900. The lowest BCUT2D eigenvalue weighted by molar-refractivity contribution is 0.103. The first kappa shape index (κ1) is 40.4. The van der Waals surface area contributed by atoms with E-state index in [1.807, 2.05) is 0 Å². The fourth-order valence-corrected chi connectivity index (χ4v) is 6.76. The van der Waals surface area contributed by atoms with Crippen LogP contribution in [0.5, 0.6) is 0 Å². The monoisotopic (exact) mass is 603 g/mol.